The third kappa shape index (κ3) is 2.01. The molecule has 2 unspecified atom stereocenters. The molecule has 0 spiro atoms. The summed E-state index contributed by atoms with van der Waals surface area (Å²) in [7, 11) is 2.24. The van der Waals surface area contributed by atoms with Gasteiger partial charge in [-0.25, -0.2) is 4.98 Å². The number of piperidine rings is 1. The van der Waals surface area contributed by atoms with Crippen molar-refractivity contribution in [2.24, 2.45) is 0 Å². The summed E-state index contributed by atoms with van der Waals surface area (Å²) < 4.78 is 0. The van der Waals surface area contributed by atoms with Gasteiger partial charge in [0.15, 0.2) is 0 Å². The van der Waals surface area contributed by atoms with Crippen molar-refractivity contribution >= 4 is 10.9 Å². The Labute approximate surface area is 124 Å². The van der Waals surface area contributed by atoms with Crippen molar-refractivity contribution in [3.05, 3.63) is 39.9 Å². The number of nitrogens with zero attached hydrogens (tertiary/aromatic N) is 2. The minimum atomic E-state index is 0.00461. The fourth-order valence-corrected chi connectivity index (χ4v) is 4.15. The molecule has 2 aromatic rings. The van der Waals surface area contributed by atoms with Crippen LogP contribution in [0.25, 0.3) is 10.9 Å². The summed E-state index contributed by atoms with van der Waals surface area (Å²) in [5.41, 5.74) is 1.95. The predicted octanol–water partition coefficient (Wildman–Crippen LogP) is 2.57. The van der Waals surface area contributed by atoms with E-state index in [1.54, 1.807) is 0 Å². The molecule has 0 saturated carbocycles. The van der Waals surface area contributed by atoms with Crippen molar-refractivity contribution in [3.63, 3.8) is 0 Å². The molecule has 2 saturated heterocycles. The van der Waals surface area contributed by atoms with Crippen LogP contribution in [0.15, 0.2) is 23.0 Å². The van der Waals surface area contributed by atoms with E-state index >= 15 is 0 Å². The van der Waals surface area contributed by atoms with E-state index in [1.165, 1.54) is 12.8 Å². The van der Waals surface area contributed by atoms with Gasteiger partial charge in [0.05, 0.1) is 10.9 Å². The third-order valence-electron chi connectivity index (χ3n) is 5.44. The number of para-hydroxylation sites is 1. The lowest BCUT2D eigenvalue weighted by atomic mass is 9.90. The molecule has 1 aromatic carbocycles. The van der Waals surface area contributed by atoms with Crippen molar-refractivity contribution < 1.29 is 0 Å². The number of aromatic amines is 1. The van der Waals surface area contributed by atoms with E-state index in [2.05, 4.69) is 16.9 Å². The van der Waals surface area contributed by atoms with Gasteiger partial charge in [0, 0.05) is 18.0 Å². The molecular weight excluding hydrogens is 262 g/mol. The van der Waals surface area contributed by atoms with Crippen LogP contribution in [0.1, 0.15) is 43.0 Å². The minimum absolute atomic E-state index is 0.00461. The van der Waals surface area contributed by atoms with Crippen LogP contribution >= 0.6 is 0 Å². The van der Waals surface area contributed by atoms with Gasteiger partial charge in [-0.2, -0.15) is 0 Å². The lowest BCUT2D eigenvalue weighted by Crippen LogP contribution is -2.39. The Morgan fingerprint density at radius 2 is 1.95 bits per heavy atom. The number of H-pyrrole nitrogens is 1. The summed E-state index contributed by atoms with van der Waals surface area (Å²) in [6.45, 7) is 2.02. The first kappa shape index (κ1) is 13.0. The molecule has 4 nitrogen and oxygen atoms in total. The zero-order valence-electron chi connectivity index (χ0n) is 12.6. The summed E-state index contributed by atoms with van der Waals surface area (Å²) in [5, 5.41) is 0.703. The molecule has 2 fully saturated rings. The van der Waals surface area contributed by atoms with Crippen LogP contribution in [0.2, 0.25) is 0 Å². The summed E-state index contributed by atoms with van der Waals surface area (Å²) in [5.74, 6) is 1.29. The number of benzene rings is 1. The van der Waals surface area contributed by atoms with Crippen molar-refractivity contribution in [1.82, 2.24) is 14.9 Å². The molecular formula is C17H21N3O. The maximum Gasteiger partial charge on any atom is 0.258 e. The quantitative estimate of drug-likeness (QED) is 0.875. The summed E-state index contributed by atoms with van der Waals surface area (Å²) in [4.78, 5) is 22.7. The Kier molecular flexibility index (Phi) is 2.89. The lowest BCUT2D eigenvalue weighted by Gasteiger charge is -2.35. The van der Waals surface area contributed by atoms with Gasteiger partial charge in [0.1, 0.15) is 5.82 Å². The monoisotopic (exact) mass is 283 g/mol. The Morgan fingerprint density at radius 3 is 2.67 bits per heavy atom. The molecule has 2 aliphatic rings. The number of hydrogen-bond acceptors (Lipinski definition) is 3. The number of hydrogen-bond donors (Lipinski definition) is 1. The molecule has 0 aliphatic carbocycles. The Hall–Kier alpha value is -1.68. The predicted molar refractivity (Wildman–Crippen MR) is 83.6 cm³/mol. The summed E-state index contributed by atoms with van der Waals surface area (Å²) >= 11 is 0. The SMILES string of the molecule is Cc1cccc2c(=O)[nH]c(C3CC4CCC(C3)N4C)nc12. The zero-order chi connectivity index (χ0) is 14.6. The summed E-state index contributed by atoms with van der Waals surface area (Å²) in [6, 6.07) is 7.12. The highest BCUT2D eigenvalue weighted by atomic mass is 16.1. The van der Waals surface area contributed by atoms with E-state index in [0.717, 1.165) is 29.7 Å². The maximum atomic E-state index is 12.3. The van der Waals surface area contributed by atoms with Gasteiger partial charge >= 0.3 is 0 Å². The van der Waals surface area contributed by atoms with E-state index in [4.69, 9.17) is 4.98 Å². The van der Waals surface area contributed by atoms with Gasteiger partial charge < -0.3 is 9.88 Å². The van der Waals surface area contributed by atoms with Crippen LogP contribution in [0.5, 0.6) is 0 Å². The van der Waals surface area contributed by atoms with Crippen molar-refractivity contribution in [1.29, 1.82) is 0 Å². The molecule has 2 atom stereocenters. The van der Waals surface area contributed by atoms with Gasteiger partial charge in [0.25, 0.3) is 5.56 Å². The molecule has 1 N–H and O–H groups in total. The minimum Gasteiger partial charge on any atom is -0.310 e. The molecule has 4 heteroatoms. The standard InChI is InChI=1S/C17H21N3O/c1-10-4-3-5-14-15(10)18-16(19-17(14)21)11-8-12-6-7-13(9-11)20(12)2/h3-5,11-13H,6-9H2,1-2H3,(H,18,19,21). The largest absolute Gasteiger partial charge is 0.310 e. The average molecular weight is 283 g/mol. The Balaban J connectivity index is 1.78. The fraction of sp³-hybridized carbons (Fsp3) is 0.529. The molecule has 110 valence electrons. The smallest absolute Gasteiger partial charge is 0.258 e. The first-order valence-electron chi connectivity index (χ1n) is 7.85. The van der Waals surface area contributed by atoms with Gasteiger partial charge in [-0.05, 0) is 51.3 Å². The molecule has 2 aliphatic heterocycles. The van der Waals surface area contributed by atoms with Crippen molar-refractivity contribution in [2.45, 2.75) is 50.6 Å². The topological polar surface area (TPSA) is 49.0 Å². The molecule has 3 heterocycles. The first-order chi connectivity index (χ1) is 10.1. The maximum absolute atomic E-state index is 12.3. The molecule has 0 amide bonds. The number of aromatic nitrogens is 2. The van der Waals surface area contributed by atoms with E-state index in [9.17, 15) is 4.79 Å². The fourth-order valence-electron chi connectivity index (χ4n) is 4.15. The van der Waals surface area contributed by atoms with E-state index < -0.39 is 0 Å². The van der Waals surface area contributed by atoms with Crippen LogP contribution in [-0.4, -0.2) is 34.0 Å². The second kappa shape index (κ2) is 4.67. The Morgan fingerprint density at radius 1 is 1.24 bits per heavy atom. The van der Waals surface area contributed by atoms with Crippen molar-refractivity contribution in [2.75, 3.05) is 7.05 Å². The first-order valence-corrected chi connectivity index (χ1v) is 7.85. The highest BCUT2D eigenvalue weighted by molar-refractivity contribution is 5.80. The number of rotatable bonds is 1. The van der Waals surface area contributed by atoms with Gasteiger partial charge in [-0.15, -0.1) is 0 Å². The van der Waals surface area contributed by atoms with E-state index in [-0.39, 0.29) is 5.56 Å². The number of aryl methyl sites for hydroxylation is 1. The number of fused-ring (bicyclic) bond motifs is 3. The van der Waals surface area contributed by atoms with E-state index in [0.29, 0.717) is 23.4 Å². The Bertz CT molecular complexity index is 737. The molecule has 2 bridgehead atoms. The molecule has 1 aromatic heterocycles. The van der Waals surface area contributed by atoms with E-state index in [1.807, 2.05) is 25.1 Å². The highest BCUT2D eigenvalue weighted by Gasteiger charge is 2.39. The van der Waals surface area contributed by atoms with Crippen LogP contribution in [0.4, 0.5) is 0 Å². The van der Waals surface area contributed by atoms with Crippen LogP contribution in [0, 0.1) is 6.92 Å². The second-order valence-corrected chi connectivity index (χ2v) is 6.64. The lowest BCUT2D eigenvalue weighted by molar-refractivity contribution is 0.159. The second-order valence-electron chi connectivity index (χ2n) is 6.64. The molecule has 4 rings (SSSR count). The van der Waals surface area contributed by atoms with Gasteiger partial charge in [-0.1, -0.05) is 12.1 Å². The molecule has 0 radical (unpaired) electrons. The van der Waals surface area contributed by atoms with Crippen LogP contribution in [-0.2, 0) is 0 Å². The highest BCUT2D eigenvalue weighted by Crippen LogP contribution is 2.41. The third-order valence-corrected chi connectivity index (χ3v) is 5.44. The van der Waals surface area contributed by atoms with Crippen molar-refractivity contribution in [3.8, 4) is 0 Å². The zero-order valence-corrected chi connectivity index (χ0v) is 12.6. The van der Waals surface area contributed by atoms with Crippen LogP contribution in [0.3, 0.4) is 0 Å². The number of nitrogens with one attached hydrogen (secondary N) is 1. The van der Waals surface area contributed by atoms with Crippen LogP contribution < -0.4 is 5.56 Å². The average Bonchev–Trinajstić information content (AvgIpc) is 2.70. The van der Waals surface area contributed by atoms with Gasteiger partial charge in [0.2, 0.25) is 0 Å². The van der Waals surface area contributed by atoms with Gasteiger partial charge in [-0.3, -0.25) is 4.79 Å². The molecule has 21 heavy (non-hydrogen) atoms. The normalized spacial score (nSPS) is 29.1. The summed E-state index contributed by atoms with van der Waals surface area (Å²) in [6.07, 6.45) is 4.81.